The average molecular weight is 429 g/mol. The summed E-state index contributed by atoms with van der Waals surface area (Å²) in [7, 11) is 1.83. The highest BCUT2D eigenvalue weighted by Crippen LogP contribution is 2.30. The van der Waals surface area contributed by atoms with Crippen LogP contribution in [0.4, 0.5) is 10.5 Å². The molecule has 1 saturated carbocycles. The maximum atomic E-state index is 12.9. The first kappa shape index (κ1) is 21.9. The molecule has 1 aromatic rings. The van der Waals surface area contributed by atoms with Crippen LogP contribution in [0.1, 0.15) is 39.5 Å². The first-order valence-electron chi connectivity index (χ1n) is 11.7. The van der Waals surface area contributed by atoms with Crippen LogP contribution in [0.15, 0.2) is 24.3 Å². The molecule has 0 N–H and O–H groups in total. The van der Waals surface area contributed by atoms with E-state index in [1.807, 2.05) is 31.3 Å². The van der Waals surface area contributed by atoms with E-state index in [2.05, 4.69) is 23.6 Å². The molecule has 0 bridgehead atoms. The number of likely N-dealkylation sites (N-methyl/N-ethyl adjacent to an activating group) is 1. The number of amides is 3. The molecule has 31 heavy (non-hydrogen) atoms. The Morgan fingerprint density at radius 1 is 0.935 bits per heavy atom. The average Bonchev–Trinajstić information content (AvgIpc) is 3.13. The third-order valence-electron chi connectivity index (χ3n) is 7.05. The fourth-order valence-corrected chi connectivity index (χ4v) is 4.93. The van der Waals surface area contributed by atoms with E-state index in [0.717, 1.165) is 76.4 Å². The van der Waals surface area contributed by atoms with Crippen LogP contribution in [0.25, 0.3) is 0 Å². The second-order valence-corrected chi connectivity index (χ2v) is 9.40. The Kier molecular flexibility index (Phi) is 6.70. The van der Waals surface area contributed by atoms with Crippen LogP contribution in [0, 0.1) is 5.92 Å². The van der Waals surface area contributed by atoms with Crippen LogP contribution in [-0.4, -0.2) is 85.1 Å². The van der Waals surface area contributed by atoms with Crippen LogP contribution >= 0.6 is 0 Å². The van der Waals surface area contributed by atoms with Gasteiger partial charge in [0.2, 0.25) is 5.91 Å². The normalized spacial score (nSPS) is 25.4. The largest absolute Gasteiger partial charge is 0.490 e. The van der Waals surface area contributed by atoms with Gasteiger partial charge in [0.25, 0.3) is 0 Å². The van der Waals surface area contributed by atoms with Crippen molar-refractivity contribution in [3.63, 3.8) is 0 Å². The summed E-state index contributed by atoms with van der Waals surface area (Å²) < 4.78 is 6.19. The molecule has 7 heteroatoms. The summed E-state index contributed by atoms with van der Waals surface area (Å²) in [6.07, 6.45) is 3.80. The van der Waals surface area contributed by atoms with Gasteiger partial charge >= 0.3 is 6.03 Å². The lowest BCUT2D eigenvalue weighted by Gasteiger charge is -2.39. The van der Waals surface area contributed by atoms with Crippen molar-refractivity contribution in [2.45, 2.75) is 51.7 Å². The van der Waals surface area contributed by atoms with Gasteiger partial charge in [0, 0.05) is 64.0 Å². The van der Waals surface area contributed by atoms with Gasteiger partial charge in [0.05, 0.1) is 6.10 Å². The van der Waals surface area contributed by atoms with Gasteiger partial charge in [0.1, 0.15) is 5.75 Å². The highest BCUT2D eigenvalue weighted by Gasteiger charge is 2.32. The van der Waals surface area contributed by atoms with Gasteiger partial charge in [-0.25, -0.2) is 4.79 Å². The summed E-state index contributed by atoms with van der Waals surface area (Å²) in [5.74, 6) is 1.32. The second kappa shape index (κ2) is 9.47. The Balaban J connectivity index is 1.23. The summed E-state index contributed by atoms with van der Waals surface area (Å²) in [6, 6.07) is 8.41. The highest BCUT2D eigenvalue weighted by atomic mass is 16.5. The molecule has 0 unspecified atom stereocenters. The number of hydrogen-bond acceptors (Lipinski definition) is 4. The predicted molar refractivity (Wildman–Crippen MR) is 121 cm³/mol. The summed E-state index contributed by atoms with van der Waals surface area (Å²) in [4.78, 5) is 33.1. The van der Waals surface area contributed by atoms with Crippen LogP contribution in [0.3, 0.4) is 0 Å². The predicted octanol–water partition coefficient (Wildman–Crippen LogP) is 3.05. The molecule has 4 rings (SSSR count). The fraction of sp³-hybridized carbons (Fsp3) is 0.667. The molecule has 0 spiro atoms. The minimum absolute atomic E-state index is 0.0438. The minimum atomic E-state index is 0.0438. The van der Waals surface area contributed by atoms with E-state index in [1.54, 1.807) is 9.80 Å². The molecule has 7 nitrogen and oxygen atoms in total. The molecule has 2 aliphatic heterocycles. The fourth-order valence-electron chi connectivity index (χ4n) is 4.93. The van der Waals surface area contributed by atoms with Crippen LogP contribution in [-0.2, 0) is 4.79 Å². The molecule has 1 aromatic carbocycles. The maximum absolute atomic E-state index is 12.9. The quantitative estimate of drug-likeness (QED) is 0.723. The first-order chi connectivity index (χ1) is 14.9. The topological polar surface area (TPSA) is 56.3 Å². The molecule has 0 aromatic heterocycles. The molecule has 1 aliphatic carbocycles. The third kappa shape index (κ3) is 4.97. The number of nitrogens with zero attached hydrogens (tertiary/aromatic N) is 4. The van der Waals surface area contributed by atoms with Crippen LogP contribution < -0.4 is 9.64 Å². The summed E-state index contributed by atoms with van der Waals surface area (Å²) in [5.41, 5.74) is 0.911. The zero-order valence-electron chi connectivity index (χ0n) is 19.1. The molecule has 3 amide bonds. The molecular weight excluding hydrogens is 392 g/mol. The van der Waals surface area contributed by atoms with Crippen molar-refractivity contribution in [1.29, 1.82) is 0 Å². The van der Waals surface area contributed by atoms with E-state index in [9.17, 15) is 9.59 Å². The summed E-state index contributed by atoms with van der Waals surface area (Å²) in [6.45, 7) is 9.60. The molecule has 2 saturated heterocycles. The van der Waals surface area contributed by atoms with Crippen LogP contribution in [0.2, 0.25) is 0 Å². The molecule has 0 atom stereocenters. The summed E-state index contributed by atoms with van der Waals surface area (Å²) in [5, 5.41) is 0. The zero-order valence-corrected chi connectivity index (χ0v) is 19.1. The minimum Gasteiger partial charge on any atom is -0.490 e. The van der Waals surface area contributed by atoms with Gasteiger partial charge in [-0.15, -0.1) is 0 Å². The van der Waals surface area contributed by atoms with Gasteiger partial charge < -0.3 is 14.5 Å². The number of hydrogen-bond donors (Lipinski definition) is 0. The van der Waals surface area contributed by atoms with Gasteiger partial charge in [-0.2, -0.15) is 0 Å². The maximum Gasteiger partial charge on any atom is 0.324 e. The monoisotopic (exact) mass is 428 g/mol. The van der Waals surface area contributed by atoms with Gasteiger partial charge in [-0.05, 0) is 63.8 Å². The SMILES string of the molecule is CC(C)N1CCN(C(=O)C2CCC(Oc3ccc(N4CCN(C)C4=O)cc3)CC2)CC1. The van der Waals surface area contributed by atoms with E-state index in [-0.39, 0.29) is 18.1 Å². The Hall–Kier alpha value is -2.28. The third-order valence-corrected chi connectivity index (χ3v) is 7.05. The Morgan fingerprint density at radius 3 is 2.13 bits per heavy atom. The lowest BCUT2D eigenvalue weighted by atomic mass is 9.86. The van der Waals surface area contributed by atoms with Gasteiger partial charge in [0.15, 0.2) is 0 Å². The summed E-state index contributed by atoms with van der Waals surface area (Å²) >= 11 is 0. The number of urea groups is 1. The molecule has 3 fully saturated rings. The number of piperazine rings is 1. The lowest BCUT2D eigenvalue weighted by molar-refractivity contribution is -0.139. The van der Waals surface area contributed by atoms with Gasteiger partial charge in [-0.3, -0.25) is 14.6 Å². The Bertz CT molecular complexity index is 766. The van der Waals surface area contributed by atoms with E-state index in [4.69, 9.17) is 4.74 Å². The lowest BCUT2D eigenvalue weighted by Crippen LogP contribution is -2.52. The Labute approximate surface area is 185 Å². The zero-order chi connectivity index (χ0) is 22.0. The highest BCUT2D eigenvalue weighted by molar-refractivity contribution is 5.93. The number of carbonyl (C=O) groups excluding carboxylic acids is 2. The van der Waals surface area contributed by atoms with Crippen molar-refractivity contribution >= 4 is 17.6 Å². The van der Waals surface area contributed by atoms with E-state index < -0.39 is 0 Å². The molecule has 2 heterocycles. The van der Waals surface area contributed by atoms with E-state index in [1.165, 1.54) is 0 Å². The van der Waals surface area contributed by atoms with Crippen molar-refractivity contribution in [2.75, 3.05) is 51.2 Å². The molecular formula is C24H36N4O3. The van der Waals surface area contributed by atoms with Crippen LogP contribution in [0.5, 0.6) is 5.75 Å². The van der Waals surface area contributed by atoms with Crippen molar-refractivity contribution in [1.82, 2.24) is 14.7 Å². The smallest absolute Gasteiger partial charge is 0.324 e. The number of ether oxygens (including phenoxy) is 1. The molecule has 170 valence electrons. The van der Waals surface area contributed by atoms with Crippen molar-refractivity contribution in [2.24, 2.45) is 5.92 Å². The van der Waals surface area contributed by atoms with Crippen molar-refractivity contribution in [3.8, 4) is 5.75 Å². The van der Waals surface area contributed by atoms with E-state index >= 15 is 0 Å². The Morgan fingerprint density at radius 2 is 1.58 bits per heavy atom. The number of rotatable bonds is 5. The number of carbonyl (C=O) groups is 2. The van der Waals surface area contributed by atoms with Crippen molar-refractivity contribution in [3.05, 3.63) is 24.3 Å². The number of anilines is 1. The van der Waals surface area contributed by atoms with Gasteiger partial charge in [-0.1, -0.05) is 0 Å². The number of benzene rings is 1. The van der Waals surface area contributed by atoms with Crippen molar-refractivity contribution < 1.29 is 14.3 Å². The van der Waals surface area contributed by atoms with E-state index in [0.29, 0.717) is 11.9 Å². The molecule has 3 aliphatic rings. The first-order valence-corrected chi connectivity index (χ1v) is 11.7. The standard InChI is InChI=1S/C24H36N4O3/c1-18(2)26-13-15-27(16-14-26)23(29)19-4-8-21(9-5-19)31-22-10-6-20(7-11-22)28-17-12-25(3)24(28)30/h6-7,10-11,18-19,21H,4-5,8-9,12-17H2,1-3H3. The molecule has 0 radical (unpaired) electrons. The second-order valence-electron chi connectivity index (χ2n) is 9.40.